The number of rotatable bonds is 1. The molecule has 1 aromatic rings. The van der Waals surface area contributed by atoms with Crippen molar-refractivity contribution in [3.8, 4) is 0 Å². The van der Waals surface area contributed by atoms with Gasteiger partial charge in [-0.2, -0.15) is 13.2 Å². The van der Waals surface area contributed by atoms with Crippen molar-refractivity contribution in [2.45, 2.75) is 24.4 Å². The van der Waals surface area contributed by atoms with Crippen LogP contribution in [0.25, 0.3) is 0 Å². The molecule has 1 aromatic carbocycles. The predicted octanol–water partition coefficient (Wildman–Crippen LogP) is 2.20. The van der Waals surface area contributed by atoms with Crippen LogP contribution in [0.15, 0.2) is 22.7 Å². The van der Waals surface area contributed by atoms with Crippen LogP contribution in [0.2, 0.25) is 0 Å². The SMILES string of the molecule is C[C@]1(c2cc(Br)ccc2F)NC(=O)CO[C@]1(O)C(F)(F)F. The van der Waals surface area contributed by atoms with Crippen molar-refractivity contribution < 1.29 is 32.2 Å². The van der Waals surface area contributed by atoms with Gasteiger partial charge >= 0.3 is 6.18 Å². The number of amides is 1. The Morgan fingerprint density at radius 1 is 1.43 bits per heavy atom. The van der Waals surface area contributed by atoms with Gasteiger partial charge in [-0.15, -0.1) is 0 Å². The zero-order chi connectivity index (χ0) is 16.1. The summed E-state index contributed by atoms with van der Waals surface area (Å²) in [5.41, 5.74) is -3.08. The number of carbonyl (C=O) groups excluding carboxylic acids is 1. The first-order valence-electron chi connectivity index (χ1n) is 5.71. The molecule has 1 aliphatic rings. The molecule has 2 rings (SSSR count). The van der Waals surface area contributed by atoms with E-state index in [1.54, 1.807) is 0 Å². The number of morpholine rings is 1. The second-order valence-electron chi connectivity index (χ2n) is 4.73. The van der Waals surface area contributed by atoms with Gasteiger partial charge in [-0.05, 0) is 25.1 Å². The molecule has 0 aromatic heterocycles. The number of alkyl halides is 3. The highest BCUT2D eigenvalue weighted by Gasteiger charge is 2.69. The Balaban J connectivity index is 2.68. The van der Waals surface area contributed by atoms with Crippen molar-refractivity contribution in [1.29, 1.82) is 0 Å². The van der Waals surface area contributed by atoms with Crippen molar-refractivity contribution in [2.75, 3.05) is 6.61 Å². The monoisotopic (exact) mass is 371 g/mol. The molecule has 0 aliphatic carbocycles. The van der Waals surface area contributed by atoms with Gasteiger partial charge in [0.05, 0.1) is 0 Å². The number of nitrogens with one attached hydrogen (secondary N) is 1. The van der Waals surface area contributed by atoms with Gasteiger partial charge in [0.15, 0.2) is 0 Å². The second kappa shape index (κ2) is 4.92. The number of carbonyl (C=O) groups is 1. The largest absolute Gasteiger partial charge is 0.446 e. The van der Waals surface area contributed by atoms with Crippen molar-refractivity contribution in [2.24, 2.45) is 0 Å². The van der Waals surface area contributed by atoms with Crippen LogP contribution in [0, 0.1) is 5.82 Å². The van der Waals surface area contributed by atoms with E-state index in [9.17, 15) is 27.5 Å². The summed E-state index contributed by atoms with van der Waals surface area (Å²) >= 11 is 3.01. The van der Waals surface area contributed by atoms with E-state index in [1.807, 2.05) is 5.32 Å². The Kier molecular flexibility index (Phi) is 3.79. The molecule has 21 heavy (non-hydrogen) atoms. The Labute approximate surface area is 125 Å². The standard InChI is InChI=1S/C12H10BrF4NO3/c1-10(7-4-6(13)2-3-8(7)14)11(20,12(15,16)17)21-5-9(19)18-10/h2-4,20H,5H2,1H3,(H,18,19)/t10-,11+/m1/s1. The molecule has 116 valence electrons. The summed E-state index contributed by atoms with van der Waals surface area (Å²) in [6, 6.07) is 3.24. The molecule has 1 heterocycles. The number of hydrogen-bond acceptors (Lipinski definition) is 3. The molecular weight excluding hydrogens is 362 g/mol. The molecule has 9 heteroatoms. The van der Waals surface area contributed by atoms with Gasteiger partial charge in [0.25, 0.3) is 5.79 Å². The first-order valence-corrected chi connectivity index (χ1v) is 6.50. The molecule has 1 aliphatic heterocycles. The van der Waals surface area contributed by atoms with Crippen LogP contribution in [0.5, 0.6) is 0 Å². The predicted molar refractivity (Wildman–Crippen MR) is 66.6 cm³/mol. The summed E-state index contributed by atoms with van der Waals surface area (Å²) in [6.45, 7) is -0.135. The average molecular weight is 372 g/mol. The van der Waals surface area contributed by atoms with Crippen LogP contribution in [-0.2, 0) is 15.1 Å². The number of hydrogen-bond donors (Lipinski definition) is 2. The zero-order valence-electron chi connectivity index (χ0n) is 10.6. The molecule has 1 fully saturated rings. The topological polar surface area (TPSA) is 58.6 Å². The second-order valence-corrected chi connectivity index (χ2v) is 5.64. The number of aliphatic hydroxyl groups is 1. The lowest BCUT2D eigenvalue weighted by Gasteiger charge is -2.48. The highest BCUT2D eigenvalue weighted by molar-refractivity contribution is 9.10. The minimum Gasteiger partial charge on any atom is -0.356 e. The Morgan fingerprint density at radius 3 is 2.62 bits per heavy atom. The van der Waals surface area contributed by atoms with E-state index in [4.69, 9.17) is 0 Å². The highest BCUT2D eigenvalue weighted by atomic mass is 79.9. The summed E-state index contributed by atoms with van der Waals surface area (Å²) < 4.78 is 58.2. The maximum atomic E-state index is 14.0. The van der Waals surface area contributed by atoms with Crippen molar-refractivity contribution in [1.82, 2.24) is 5.32 Å². The quantitative estimate of drug-likeness (QED) is 0.744. The lowest BCUT2D eigenvalue weighted by atomic mass is 9.81. The van der Waals surface area contributed by atoms with E-state index in [1.165, 1.54) is 6.07 Å². The van der Waals surface area contributed by atoms with Crippen LogP contribution >= 0.6 is 15.9 Å². The number of halogens is 5. The van der Waals surface area contributed by atoms with Crippen molar-refractivity contribution >= 4 is 21.8 Å². The van der Waals surface area contributed by atoms with Gasteiger partial charge in [0, 0.05) is 10.0 Å². The smallest absolute Gasteiger partial charge is 0.356 e. The van der Waals surface area contributed by atoms with E-state index < -0.39 is 41.4 Å². The Bertz CT molecular complexity index is 594. The molecular formula is C12H10BrF4NO3. The summed E-state index contributed by atoms with van der Waals surface area (Å²) in [7, 11) is 0. The zero-order valence-corrected chi connectivity index (χ0v) is 12.2. The number of benzene rings is 1. The van der Waals surface area contributed by atoms with E-state index in [0.717, 1.165) is 19.1 Å². The molecule has 2 N–H and O–H groups in total. The van der Waals surface area contributed by atoms with Crippen molar-refractivity contribution in [3.05, 3.63) is 34.1 Å². The molecule has 2 atom stereocenters. The molecule has 4 nitrogen and oxygen atoms in total. The van der Waals surface area contributed by atoms with E-state index in [0.29, 0.717) is 0 Å². The van der Waals surface area contributed by atoms with E-state index in [-0.39, 0.29) is 4.47 Å². The molecule has 0 unspecified atom stereocenters. The molecule has 1 amide bonds. The van der Waals surface area contributed by atoms with Crippen LogP contribution in [0.3, 0.4) is 0 Å². The van der Waals surface area contributed by atoms with Gasteiger partial charge in [0.2, 0.25) is 5.91 Å². The fourth-order valence-electron chi connectivity index (χ4n) is 2.21. The molecule has 0 saturated carbocycles. The van der Waals surface area contributed by atoms with Crippen LogP contribution in [-0.4, -0.2) is 29.6 Å². The molecule has 0 radical (unpaired) electrons. The van der Waals surface area contributed by atoms with Gasteiger partial charge in [-0.1, -0.05) is 15.9 Å². The molecule has 0 spiro atoms. The normalized spacial score (nSPS) is 30.1. The summed E-state index contributed by atoms with van der Waals surface area (Å²) in [6.07, 6.45) is -5.25. The minimum atomic E-state index is -5.25. The fourth-order valence-corrected chi connectivity index (χ4v) is 2.57. The highest BCUT2D eigenvalue weighted by Crippen LogP contribution is 2.47. The van der Waals surface area contributed by atoms with Gasteiger partial charge in [-0.3, -0.25) is 4.79 Å². The Hall–Kier alpha value is -1.19. The van der Waals surface area contributed by atoms with Crippen LogP contribution < -0.4 is 5.32 Å². The summed E-state index contributed by atoms with van der Waals surface area (Å²) in [5, 5.41) is 11.9. The van der Waals surface area contributed by atoms with Crippen LogP contribution in [0.4, 0.5) is 17.6 Å². The van der Waals surface area contributed by atoms with E-state index >= 15 is 0 Å². The van der Waals surface area contributed by atoms with E-state index in [2.05, 4.69) is 20.7 Å². The van der Waals surface area contributed by atoms with Crippen LogP contribution in [0.1, 0.15) is 12.5 Å². The third-order valence-corrected chi connectivity index (χ3v) is 3.82. The number of ether oxygens (including phenoxy) is 1. The third kappa shape index (κ3) is 2.43. The van der Waals surface area contributed by atoms with Gasteiger partial charge < -0.3 is 15.2 Å². The lowest BCUT2D eigenvalue weighted by molar-refractivity contribution is -0.398. The maximum Gasteiger partial charge on any atom is 0.446 e. The maximum absolute atomic E-state index is 14.0. The third-order valence-electron chi connectivity index (χ3n) is 3.33. The van der Waals surface area contributed by atoms with Crippen molar-refractivity contribution in [3.63, 3.8) is 0 Å². The first kappa shape index (κ1) is 16.2. The summed E-state index contributed by atoms with van der Waals surface area (Å²) in [4.78, 5) is 11.4. The minimum absolute atomic E-state index is 0.282. The average Bonchev–Trinajstić information content (AvgIpc) is 2.36. The summed E-state index contributed by atoms with van der Waals surface area (Å²) in [5.74, 6) is -5.67. The lowest BCUT2D eigenvalue weighted by Crippen LogP contribution is -2.72. The Morgan fingerprint density at radius 2 is 2.05 bits per heavy atom. The molecule has 1 saturated heterocycles. The first-order chi connectivity index (χ1) is 9.51. The van der Waals surface area contributed by atoms with Gasteiger partial charge in [0.1, 0.15) is 18.0 Å². The van der Waals surface area contributed by atoms with Gasteiger partial charge in [-0.25, -0.2) is 4.39 Å². The molecule has 0 bridgehead atoms. The fraction of sp³-hybridized carbons (Fsp3) is 0.417.